The van der Waals surface area contributed by atoms with Crippen molar-refractivity contribution < 1.29 is 33.4 Å². The quantitative estimate of drug-likeness (QED) is 0.130. The number of aromatic amines is 2. The Kier molecular flexibility index (Phi) is 10.9. The smallest absolute Gasteiger partial charge is 0.407 e. The van der Waals surface area contributed by atoms with E-state index in [0.29, 0.717) is 25.0 Å². The number of imidazole rings is 2. The first-order valence-electron chi connectivity index (χ1n) is 21.7. The van der Waals surface area contributed by atoms with E-state index < -0.39 is 24.3 Å². The summed E-state index contributed by atoms with van der Waals surface area (Å²) in [7, 11) is 2.61. The molecule has 322 valence electrons. The van der Waals surface area contributed by atoms with Crippen LogP contribution >= 0.6 is 0 Å². The second-order valence-corrected chi connectivity index (χ2v) is 18.2. The molecule has 2 aliphatic carbocycles. The fourth-order valence-corrected chi connectivity index (χ4v) is 10.9. The van der Waals surface area contributed by atoms with Crippen LogP contribution in [0.5, 0.6) is 0 Å². The topological polar surface area (TPSA) is 184 Å². The number of rotatable bonds is 10. The number of alkyl carbamates (subject to hydrolysis) is 2. The molecular weight excluding hydrogens is 777 g/mol. The van der Waals surface area contributed by atoms with Crippen molar-refractivity contribution >= 4 is 24.0 Å². The molecule has 9 rings (SSSR count). The lowest BCUT2D eigenvalue weighted by Crippen LogP contribution is -2.54. The van der Waals surface area contributed by atoms with Crippen LogP contribution in [0.2, 0.25) is 0 Å². The number of nitrogens with zero attached hydrogens (tertiary/aromatic N) is 4. The Morgan fingerprint density at radius 2 is 1.10 bits per heavy atom. The lowest BCUT2D eigenvalue weighted by atomic mass is 9.93. The number of carbonyl (C=O) groups excluding carboxylic acids is 4. The predicted octanol–water partition coefficient (Wildman–Crippen LogP) is 7.03. The summed E-state index contributed by atoms with van der Waals surface area (Å²) in [5, 5.41) is 5.53. The van der Waals surface area contributed by atoms with Crippen molar-refractivity contribution in [2.24, 2.45) is 23.7 Å². The predicted molar refractivity (Wildman–Crippen MR) is 225 cm³/mol. The first kappa shape index (κ1) is 40.7. The lowest BCUT2D eigenvalue weighted by Gasteiger charge is -2.37. The van der Waals surface area contributed by atoms with Gasteiger partial charge >= 0.3 is 12.2 Å². The molecule has 2 aromatic carbocycles. The SMILES string of the molecule is COC(=O)N[C@H](C(=O)N1[C@@H]2CC[C@H](C2)[C@H]1c1ncc(-c2ccc3c(c2)COCc2cc(-c4cnc([C@@H]5[C@@H]6CC[C@H](C6)N5C(=O)[C@@H](NC(=O)OC)C(C)C)[nH]4)ccc2-3)[nH]1)C(C)C. The number of carbonyl (C=O) groups is 4. The fourth-order valence-electron chi connectivity index (χ4n) is 10.9. The van der Waals surface area contributed by atoms with Crippen LogP contribution in [0.3, 0.4) is 0 Å². The van der Waals surface area contributed by atoms with E-state index in [4.69, 9.17) is 24.2 Å². The number of nitrogens with one attached hydrogen (secondary N) is 4. The maximum Gasteiger partial charge on any atom is 0.407 e. The average Bonchev–Trinajstić information content (AvgIpc) is 4.13. The highest BCUT2D eigenvalue weighted by atomic mass is 16.5. The van der Waals surface area contributed by atoms with Crippen LogP contribution in [0.1, 0.15) is 101 Å². The van der Waals surface area contributed by atoms with Gasteiger partial charge in [-0.05, 0) is 108 Å². The molecule has 4 amide bonds. The Balaban J connectivity index is 0.939. The summed E-state index contributed by atoms with van der Waals surface area (Å²) in [4.78, 5) is 73.2. The van der Waals surface area contributed by atoms with E-state index in [1.807, 2.05) is 49.9 Å². The van der Waals surface area contributed by atoms with E-state index in [-0.39, 0.29) is 47.8 Å². The Labute approximate surface area is 355 Å². The first-order chi connectivity index (χ1) is 29.4. The van der Waals surface area contributed by atoms with Crippen molar-refractivity contribution in [3.05, 3.63) is 71.6 Å². The summed E-state index contributed by atoms with van der Waals surface area (Å²) < 4.78 is 16.0. The monoisotopic (exact) mass is 832 g/mol. The van der Waals surface area contributed by atoms with Gasteiger partial charge in [0, 0.05) is 12.1 Å². The third-order valence-electron chi connectivity index (χ3n) is 13.9. The molecule has 15 nitrogen and oxygen atoms in total. The van der Waals surface area contributed by atoms with Gasteiger partial charge in [-0.15, -0.1) is 0 Å². The van der Waals surface area contributed by atoms with Gasteiger partial charge in [0.15, 0.2) is 0 Å². The molecular formula is C46H56N8O7. The molecule has 0 spiro atoms. The van der Waals surface area contributed by atoms with Gasteiger partial charge in [0.2, 0.25) is 11.8 Å². The Bertz CT molecular complexity index is 2180. The molecule has 2 saturated heterocycles. The summed E-state index contributed by atoms with van der Waals surface area (Å²) in [6.45, 7) is 8.60. The maximum absolute atomic E-state index is 14.0. The number of piperidine rings is 2. The van der Waals surface area contributed by atoms with Crippen molar-refractivity contribution in [2.75, 3.05) is 14.2 Å². The molecule has 4 N–H and O–H groups in total. The highest BCUT2D eigenvalue weighted by Crippen LogP contribution is 2.51. The Hall–Kier alpha value is -5.70. The number of benzene rings is 2. The van der Waals surface area contributed by atoms with E-state index >= 15 is 0 Å². The number of hydrogen-bond donors (Lipinski definition) is 4. The van der Waals surface area contributed by atoms with Gasteiger partial charge in [-0.25, -0.2) is 19.6 Å². The van der Waals surface area contributed by atoms with Crippen LogP contribution in [-0.2, 0) is 37.0 Å². The molecule has 0 radical (unpaired) electrons. The first-order valence-corrected chi connectivity index (χ1v) is 21.7. The number of fused-ring (bicyclic) bond motifs is 7. The minimum atomic E-state index is -0.693. The summed E-state index contributed by atoms with van der Waals surface area (Å²) in [5.41, 5.74) is 8.03. The lowest BCUT2D eigenvalue weighted by molar-refractivity contribution is -0.140. The molecule has 5 heterocycles. The maximum atomic E-state index is 14.0. The highest BCUT2D eigenvalue weighted by molar-refractivity contribution is 5.88. The second-order valence-electron chi connectivity index (χ2n) is 18.2. The zero-order valence-electron chi connectivity index (χ0n) is 35.7. The standard InChI is InChI=1S/C46H56N8O7/c1-23(2)37(51-45(57)59-5)43(55)53-31-11-7-27(17-31)39(53)41-47-19-35(49-41)25-9-13-33-29(15-25)21-61-22-30-16-26(10-14-34(30)33)36-20-48-42(50-36)40-28-8-12-32(18-28)54(40)44(56)38(24(3)4)52-46(58)60-6/h9-10,13-16,19-20,23-24,27-28,31-32,37-40H,7-8,11-12,17-18,21-22H2,1-6H3,(H,47,49)(H,48,50)(H,51,57)(H,52,58)/t27-,28-,31-,32-,37+,38+,39+,40+/m1/s1. The molecule has 15 heteroatoms. The number of methoxy groups -OCH3 is 2. The molecule has 4 bridgehead atoms. The van der Waals surface area contributed by atoms with Crippen LogP contribution in [0.4, 0.5) is 9.59 Å². The van der Waals surface area contributed by atoms with Crippen molar-refractivity contribution in [3.63, 3.8) is 0 Å². The van der Waals surface area contributed by atoms with Crippen LogP contribution in [0, 0.1) is 23.7 Å². The number of ether oxygens (including phenoxy) is 3. The average molecular weight is 833 g/mol. The van der Waals surface area contributed by atoms with Crippen molar-refractivity contribution in [3.8, 4) is 33.6 Å². The molecule has 4 aromatic rings. The molecule has 0 unspecified atom stereocenters. The minimum Gasteiger partial charge on any atom is -0.453 e. The van der Waals surface area contributed by atoms with E-state index in [1.54, 1.807) is 0 Å². The number of aromatic nitrogens is 4. The fraction of sp³-hybridized carbons (Fsp3) is 0.522. The molecule has 61 heavy (non-hydrogen) atoms. The van der Waals surface area contributed by atoms with E-state index in [9.17, 15) is 19.2 Å². The normalized spacial score (nSPS) is 24.7. The highest BCUT2D eigenvalue weighted by Gasteiger charge is 2.53. The van der Waals surface area contributed by atoms with Gasteiger partial charge in [0.05, 0.1) is 63.3 Å². The number of hydrogen-bond acceptors (Lipinski definition) is 9. The van der Waals surface area contributed by atoms with Crippen LogP contribution < -0.4 is 10.6 Å². The molecule has 3 aliphatic heterocycles. The van der Waals surface area contributed by atoms with Crippen molar-refractivity contribution in [1.29, 1.82) is 0 Å². The summed E-state index contributed by atoms with van der Waals surface area (Å²) in [6.07, 6.45) is 8.27. The minimum absolute atomic E-state index is 0.0992. The van der Waals surface area contributed by atoms with Gasteiger partial charge in [0.25, 0.3) is 0 Å². The van der Waals surface area contributed by atoms with Gasteiger partial charge < -0.3 is 44.6 Å². The van der Waals surface area contributed by atoms with E-state index in [2.05, 4.69) is 57.0 Å². The summed E-state index contributed by atoms with van der Waals surface area (Å²) >= 11 is 0. The van der Waals surface area contributed by atoms with E-state index in [0.717, 1.165) is 94.9 Å². The Morgan fingerprint density at radius 1 is 0.672 bits per heavy atom. The molecule has 2 aromatic heterocycles. The van der Waals surface area contributed by atoms with Crippen molar-refractivity contribution in [2.45, 2.75) is 116 Å². The van der Waals surface area contributed by atoms with Gasteiger partial charge in [-0.2, -0.15) is 0 Å². The third-order valence-corrected chi connectivity index (χ3v) is 13.9. The van der Waals surface area contributed by atoms with Gasteiger partial charge in [-0.1, -0.05) is 52.0 Å². The number of amides is 4. The number of likely N-dealkylation sites (tertiary alicyclic amines) is 2. The number of H-pyrrole nitrogens is 2. The molecule has 8 atom stereocenters. The van der Waals surface area contributed by atoms with E-state index in [1.165, 1.54) is 14.2 Å². The molecule has 5 aliphatic rings. The third kappa shape index (κ3) is 7.33. The van der Waals surface area contributed by atoms with Gasteiger partial charge in [0.1, 0.15) is 23.7 Å². The zero-order valence-corrected chi connectivity index (χ0v) is 35.7. The Morgan fingerprint density at radius 3 is 1.49 bits per heavy atom. The molecule has 4 fully saturated rings. The second kappa shape index (κ2) is 16.3. The summed E-state index contributed by atoms with van der Waals surface area (Å²) in [5.74, 6) is 1.69. The zero-order chi connectivity index (χ0) is 42.7. The summed E-state index contributed by atoms with van der Waals surface area (Å²) in [6, 6.07) is 11.3. The molecule has 2 saturated carbocycles. The van der Waals surface area contributed by atoms with Crippen molar-refractivity contribution in [1.82, 2.24) is 40.4 Å². The van der Waals surface area contributed by atoms with Crippen LogP contribution in [-0.4, -0.2) is 92.1 Å². The largest absolute Gasteiger partial charge is 0.453 e. The van der Waals surface area contributed by atoms with Gasteiger partial charge in [-0.3, -0.25) is 9.59 Å². The van der Waals surface area contributed by atoms with Crippen LogP contribution in [0.15, 0.2) is 48.8 Å². The van der Waals surface area contributed by atoms with Crippen LogP contribution in [0.25, 0.3) is 33.6 Å².